The van der Waals surface area contributed by atoms with Gasteiger partial charge in [-0.3, -0.25) is 0 Å². The molecule has 1 atom stereocenters. The topological polar surface area (TPSA) is 15.3 Å². The summed E-state index contributed by atoms with van der Waals surface area (Å²) >= 11 is 0. The minimum atomic E-state index is -0.548. The number of halogens is 2. The summed E-state index contributed by atoms with van der Waals surface area (Å²) in [5.41, 5.74) is 2.50. The Hall–Kier alpha value is -2.10. The number of fused-ring (bicyclic) bond motifs is 1. The fourth-order valence-corrected chi connectivity index (χ4v) is 3.96. The van der Waals surface area contributed by atoms with E-state index in [1.54, 1.807) is 0 Å². The maximum absolute atomic E-state index is 13.9. The third-order valence-electron chi connectivity index (χ3n) is 5.00. The normalized spacial score (nSPS) is 15.6. The van der Waals surface area contributed by atoms with Crippen molar-refractivity contribution in [3.05, 3.63) is 59.7 Å². The molecule has 0 radical (unpaired) electrons. The zero-order chi connectivity index (χ0) is 18.0. The highest BCUT2D eigenvalue weighted by molar-refractivity contribution is 5.57. The largest absolute Gasteiger partial charge is 0.378 e. The van der Waals surface area contributed by atoms with Gasteiger partial charge in [-0.2, -0.15) is 0 Å². The van der Waals surface area contributed by atoms with E-state index in [2.05, 4.69) is 48.3 Å². The molecule has 0 saturated heterocycles. The highest BCUT2D eigenvalue weighted by atomic mass is 19.1. The molecule has 2 nitrogen and oxygen atoms in total. The van der Waals surface area contributed by atoms with Gasteiger partial charge in [0.05, 0.1) is 0 Å². The summed E-state index contributed by atoms with van der Waals surface area (Å²) < 4.78 is 27.8. The molecular weight excluding hydrogens is 318 g/mol. The van der Waals surface area contributed by atoms with E-state index in [0.717, 1.165) is 25.8 Å². The van der Waals surface area contributed by atoms with E-state index in [9.17, 15) is 8.78 Å². The molecule has 2 aromatic rings. The van der Waals surface area contributed by atoms with Crippen LogP contribution in [0.4, 0.5) is 20.2 Å². The molecule has 1 aliphatic heterocycles. The van der Waals surface area contributed by atoms with Crippen molar-refractivity contribution in [2.24, 2.45) is 0 Å². The molecule has 1 N–H and O–H groups in total. The molecular formula is C21H26F2N2. The number of nitrogens with zero attached hydrogens (tertiary/aromatic N) is 1. The maximum Gasteiger partial charge on any atom is 0.149 e. The summed E-state index contributed by atoms with van der Waals surface area (Å²) in [6, 6.07) is 12.4. The highest BCUT2D eigenvalue weighted by Gasteiger charge is 2.32. The summed E-state index contributed by atoms with van der Waals surface area (Å²) in [6.45, 7) is 7.38. The molecule has 0 fully saturated rings. The van der Waals surface area contributed by atoms with Crippen LogP contribution in [0.25, 0.3) is 0 Å². The predicted molar refractivity (Wildman–Crippen MR) is 100 cm³/mol. The van der Waals surface area contributed by atoms with E-state index in [1.807, 2.05) is 6.92 Å². The first kappa shape index (κ1) is 17.7. The van der Waals surface area contributed by atoms with Gasteiger partial charge < -0.3 is 10.2 Å². The first-order valence-corrected chi connectivity index (χ1v) is 8.94. The van der Waals surface area contributed by atoms with Gasteiger partial charge in [-0.05, 0) is 63.8 Å². The first-order valence-electron chi connectivity index (χ1n) is 8.94. The van der Waals surface area contributed by atoms with Crippen LogP contribution in [0.2, 0.25) is 0 Å². The number of anilines is 2. The van der Waals surface area contributed by atoms with E-state index < -0.39 is 11.6 Å². The molecule has 0 saturated carbocycles. The van der Waals surface area contributed by atoms with Crippen LogP contribution in [0, 0.1) is 11.6 Å². The Morgan fingerprint density at radius 1 is 1.08 bits per heavy atom. The molecule has 1 aliphatic rings. The number of rotatable bonds is 5. The SMILES string of the molecule is CC(CC(C)(C)N1CCCc2ccccc21)Nc1c(F)cccc1F. The predicted octanol–water partition coefficient (Wildman–Crippen LogP) is 5.39. The Bertz CT molecular complexity index is 722. The quantitative estimate of drug-likeness (QED) is 0.782. The Labute approximate surface area is 148 Å². The van der Waals surface area contributed by atoms with Crippen molar-refractivity contribution in [1.82, 2.24) is 0 Å². The van der Waals surface area contributed by atoms with E-state index in [4.69, 9.17) is 0 Å². The second kappa shape index (κ2) is 7.03. The van der Waals surface area contributed by atoms with E-state index in [1.165, 1.54) is 29.4 Å². The number of hydrogen-bond acceptors (Lipinski definition) is 2. The number of benzene rings is 2. The lowest BCUT2D eigenvalue weighted by Gasteiger charge is -2.45. The van der Waals surface area contributed by atoms with Crippen LogP contribution in [0.5, 0.6) is 0 Å². The average molecular weight is 344 g/mol. The van der Waals surface area contributed by atoms with Crippen molar-refractivity contribution in [1.29, 1.82) is 0 Å². The number of para-hydroxylation sites is 2. The summed E-state index contributed by atoms with van der Waals surface area (Å²) in [5.74, 6) is -1.10. The molecule has 25 heavy (non-hydrogen) atoms. The second-order valence-corrected chi connectivity index (χ2v) is 7.54. The lowest BCUT2D eigenvalue weighted by molar-refractivity contribution is 0.395. The van der Waals surface area contributed by atoms with Crippen molar-refractivity contribution >= 4 is 11.4 Å². The Kier molecular flexibility index (Phi) is 4.98. The van der Waals surface area contributed by atoms with Crippen LogP contribution in [0.1, 0.15) is 39.2 Å². The van der Waals surface area contributed by atoms with Crippen LogP contribution in [0.15, 0.2) is 42.5 Å². The molecule has 4 heteroatoms. The molecule has 3 rings (SSSR count). The maximum atomic E-state index is 13.9. The Morgan fingerprint density at radius 3 is 2.48 bits per heavy atom. The van der Waals surface area contributed by atoms with Gasteiger partial charge in [0.1, 0.15) is 17.3 Å². The summed E-state index contributed by atoms with van der Waals surface area (Å²) in [7, 11) is 0. The van der Waals surface area contributed by atoms with Crippen molar-refractivity contribution in [3.63, 3.8) is 0 Å². The number of hydrogen-bond donors (Lipinski definition) is 1. The van der Waals surface area contributed by atoms with E-state index >= 15 is 0 Å². The molecule has 0 aliphatic carbocycles. The fraction of sp³-hybridized carbons (Fsp3) is 0.429. The van der Waals surface area contributed by atoms with Gasteiger partial charge >= 0.3 is 0 Å². The van der Waals surface area contributed by atoms with Crippen LogP contribution in [-0.2, 0) is 6.42 Å². The fourth-order valence-electron chi connectivity index (χ4n) is 3.96. The number of nitrogens with one attached hydrogen (secondary N) is 1. The third kappa shape index (κ3) is 3.78. The van der Waals surface area contributed by atoms with Crippen LogP contribution in [-0.4, -0.2) is 18.1 Å². The zero-order valence-corrected chi connectivity index (χ0v) is 15.2. The molecule has 0 spiro atoms. The molecule has 0 aromatic heterocycles. The summed E-state index contributed by atoms with van der Waals surface area (Å²) in [5, 5.41) is 3.02. The van der Waals surface area contributed by atoms with Crippen LogP contribution >= 0.6 is 0 Å². The molecule has 0 amide bonds. The van der Waals surface area contributed by atoms with E-state index in [0.29, 0.717) is 0 Å². The third-order valence-corrected chi connectivity index (χ3v) is 5.00. The van der Waals surface area contributed by atoms with Crippen molar-refractivity contribution < 1.29 is 8.78 Å². The van der Waals surface area contributed by atoms with Crippen LogP contribution in [0.3, 0.4) is 0 Å². The van der Waals surface area contributed by atoms with Crippen molar-refractivity contribution in [2.45, 2.75) is 51.6 Å². The lowest BCUT2D eigenvalue weighted by atomic mass is 9.89. The minimum Gasteiger partial charge on any atom is -0.378 e. The van der Waals surface area contributed by atoms with Crippen LogP contribution < -0.4 is 10.2 Å². The summed E-state index contributed by atoms with van der Waals surface area (Å²) in [4.78, 5) is 2.43. The van der Waals surface area contributed by atoms with Gasteiger partial charge in [0.15, 0.2) is 0 Å². The smallest absolute Gasteiger partial charge is 0.149 e. The monoisotopic (exact) mass is 344 g/mol. The zero-order valence-electron chi connectivity index (χ0n) is 15.2. The van der Waals surface area contributed by atoms with E-state index in [-0.39, 0.29) is 17.3 Å². The van der Waals surface area contributed by atoms with Gasteiger partial charge in [0.2, 0.25) is 0 Å². The molecule has 1 unspecified atom stereocenters. The minimum absolute atomic E-state index is 0.0372. The molecule has 2 aromatic carbocycles. The number of aryl methyl sites for hydroxylation is 1. The van der Waals surface area contributed by atoms with Gasteiger partial charge in [0, 0.05) is 23.8 Å². The second-order valence-electron chi connectivity index (χ2n) is 7.54. The standard InChI is InChI=1S/C21H26F2N2/c1-15(24-20-17(22)10-6-11-18(20)23)14-21(2,3)25-13-7-9-16-8-4-5-12-19(16)25/h4-6,8,10-12,15,24H,7,9,13-14H2,1-3H3. The average Bonchev–Trinajstić information content (AvgIpc) is 2.57. The molecule has 134 valence electrons. The van der Waals surface area contributed by atoms with Crippen molar-refractivity contribution in [3.8, 4) is 0 Å². The van der Waals surface area contributed by atoms with Gasteiger partial charge in [-0.15, -0.1) is 0 Å². The lowest BCUT2D eigenvalue weighted by Crippen LogP contribution is -2.49. The van der Waals surface area contributed by atoms with Gasteiger partial charge in [-0.25, -0.2) is 8.78 Å². The molecule has 1 heterocycles. The van der Waals surface area contributed by atoms with Crippen molar-refractivity contribution in [2.75, 3.05) is 16.8 Å². The Morgan fingerprint density at radius 2 is 1.76 bits per heavy atom. The first-order chi connectivity index (χ1) is 11.9. The highest BCUT2D eigenvalue weighted by Crippen LogP contribution is 2.35. The summed E-state index contributed by atoms with van der Waals surface area (Å²) in [6.07, 6.45) is 3.01. The van der Waals surface area contributed by atoms with Gasteiger partial charge in [0.25, 0.3) is 0 Å². The molecule has 0 bridgehead atoms. The Balaban J connectivity index is 1.75. The van der Waals surface area contributed by atoms with Gasteiger partial charge in [-0.1, -0.05) is 24.3 Å².